The number of carbonyl (C=O) groups is 4. The van der Waals surface area contributed by atoms with Crippen molar-refractivity contribution < 1.29 is 23.9 Å². The van der Waals surface area contributed by atoms with Gasteiger partial charge < -0.3 is 10.1 Å². The summed E-state index contributed by atoms with van der Waals surface area (Å²) in [5.41, 5.74) is 0.502. The topological polar surface area (TPSA) is 92.8 Å². The maximum Gasteiger partial charge on any atom is 0.340 e. The molecule has 1 aliphatic heterocycles. The van der Waals surface area contributed by atoms with Crippen LogP contribution >= 0.6 is 0 Å². The van der Waals surface area contributed by atoms with E-state index in [0.29, 0.717) is 0 Å². The van der Waals surface area contributed by atoms with E-state index in [2.05, 4.69) is 5.32 Å². The van der Waals surface area contributed by atoms with Gasteiger partial charge in [0, 0.05) is 12.8 Å². The summed E-state index contributed by atoms with van der Waals surface area (Å²) in [4.78, 5) is 47.7. The van der Waals surface area contributed by atoms with E-state index in [1.165, 1.54) is 6.07 Å². The monoisotopic (exact) mass is 304 g/mol. The van der Waals surface area contributed by atoms with Gasteiger partial charge in [0.2, 0.25) is 17.7 Å². The first kappa shape index (κ1) is 15.7. The van der Waals surface area contributed by atoms with Crippen LogP contribution in [-0.4, -0.2) is 41.7 Å². The summed E-state index contributed by atoms with van der Waals surface area (Å²) >= 11 is 0. The molecule has 1 fully saturated rings. The Labute approximate surface area is 127 Å². The molecular formula is C15H16N2O5. The molecule has 2 rings (SSSR count). The van der Waals surface area contributed by atoms with Crippen LogP contribution in [0.4, 0.5) is 5.69 Å². The van der Waals surface area contributed by atoms with E-state index in [9.17, 15) is 19.2 Å². The van der Waals surface area contributed by atoms with Crippen molar-refractivity contribution in [3.63, 3.8) is 0 Å². The highest BCUT2D eigenvalue weighted by Crippen LogP contribution is 2.17. The number of hydrogen-bond donors (Lipinski definition) is 1. The predicted octanol–water partition coefficient (Wildman–Crippen LogP) is 0.951. The third kappa shape index (κ3) is 3.49. The van der Waals surface area contributed by atoms with Crippen LogP contribution in [0.2, 0.25) is 0 Å². The average Bonchev–Trinajstić information content (AvgIpc) is 2.80. The third-order valence-electron chi connectivity index (χ3n) is 3.15. The van der Waals surface area contributed by atoms with E-state index in [1.54, 1.807) is 25.1 Å². The zero-order valence-corrected chi connectivity index (χ0v) is 12.1. The maximum absolute atomic E-state index is 12.0. The molecule has 1 aromatic rings. The quantitative estimate of drug-likeness (QED) is 0.646. The number of amides is 3. The van der Waals surface area contributed by atoms with Crippen molar-refractivity contribution in [2.75, 3.05) is 18.5 Å². The summed E-state index contributed by atoms with van der Waals surface area (Å²) in [5, 5.41) is 2.53. The van der Waals surface area contributed by atoms with E-state index >= 15 is 0 Å². The largest absolute Gasteiger partial charge is 0.462 e. The highest BCUT2D eigenvalue weighted by Gasteiger charge is 2.30. The van der Waals surface area contributed by atoms with Crippen molar-refractivity contribution in [2.24, 2.45) is 0 Å². The van der Waals surface area contributed by atoms with Crippen LogP contribution in [0.1, 0.15) is 30.1 Å². The molecule has 7 nitrogen and oxygen atoms in total. The van der Waals surface area contributed by atoms with Crippen molar-refractivity contribution in [1.82, 2.24) is 4.90 Å². The molecule has 0 spiro atoms. The number of hydrogen-bond acceptors (Lipinski definition) is 5. The Morgan fingerprint density at radius 1 is 1.18 bits per heavy atom. The second kappa shape index (κ2) is 6.84. The van der Waals surface area contributed by atoms with Crippen LogP contribution in [-0.2, 0) is 19.1 Å². The van der Waals surface area contributed by atoms with Gasteiger partial charge in [-0.3, -0.25) is 19.3 Å². The van der Waals surface area contributed by atoms with Gasteiger partial charge in [-0.1, -0.05) is 12.1 Å². The van der Waals surface area contributed by atoms with Crippen molar-refractivity contribution in [2.45, 2.75) is 19.8 Å². The van der Waals surface area contributed by atoms with Gasteiger partial charge in [-0.15, -0.1) is 0 Å². The third-order valence-corrected chi connectivity index (χ3v) is 3.15. The van der Waals surface area contributed by atoms with Gasteiger partial charge in [0.15, 0.2) is 0 Å². The predicted molar refractivity (Wildman–Crippen MR) is 77.0 cm³/mol. The van der Waals surface area contributed by atoms with Crippen LogP contribution in [0.15, 0.2) is 24.3 Å². The van der Waals surface area contributed by atoms with Gasteiger partial charge in [-0.2, -0.15) is 0 Å². The average molecular weight is 304 g/mol. The van der Waals surface area contributed by atoms with Crippen molar-refractivity contribution in [3.8, 4) is 0 Å². The Bertz CT molecular complexity index is 610. The minimum absolute atomic E-state index is 0.130. The van der Waals surface area contributed by atoms with Crippen molar-refractivity contribution in [1.29, 1.82) is 0 Å². The number of likely N-dealkylation sites (tertiary alicyclic amines) is 1. The molecule has 1 heterocycles. The van der Waals surface area contributed by atoms with Crippen molar-refractivity contribution >= 4 is 29.4 Å². The smallest absolute Gasteiger partial charge is 0.340 e. The number of anilines is 1. The molecule has 0 aliphatic carbocycles. The molecule has 3 amide bonds. The van der Waals surface area contributed by atoms with Gasteiger partial charge in [-0.05, 0) is 19.1 Å². The van der Waals surface area contributed by atoms with E-state index in [-0.39, 0.29) is 49.1 Å². The fourth-order valence-electron chi connectivity index (χ4n) is 2.11. The SMILES string of the molecule is CCOC(=O)c1ccccc1NC(=O)CN1C(=O)CCC1=O. The summed E-state index contributed by atoms with van der Waals surface area (Å²) in [7, 11) is 0. The zero-order valence-electron chi connectivity index (χ0n) is 12.1. The molecule has 22 heavy (non-hydrogen) atoms. The minimum Gasteiger partial charge on any atom is -0.462 e. The molecule has 0 radical (unpaired) electrons. The number of carbonyl (C=O) groups excluding carboxylic acids is 4. The molecule has 0 unspecified atom stereocenters. The number of para-hydroxylation sites is 1. The van der Waals surface area contributed by atoms with Crippen molar-refractivity contribution in [3.05, 3.63) is 29.8 Å². The number of nitrogens with zero attached hydrogens (tertiary/aromatic N) is 1. The lowest BCUT2D eigenvalue weighted by Crippen LogP contribution is -2.37. The van der Waals surface area contributed by atoms with Gasteiger partial charge in [0.05, 0.1) is 17.9 Å². The minimum atomic E-state index is -0.549. The Kier molecular flexibility index (Phi) is 4.88. The Balaban J connectivity index is 2.07. The molecule has 7 heteroatoms. The zero-order chi connectivity index (χ0) is 16.1. The first-order chi connectivity index (χ1) is 10.5. The maximum atomic E-state index is 12.0. The summed E-state index contributed by atoms with van der Waals surface area (Å²) in [6.07, 6.45) is 0.261. The summed E-state index contributed by atoms with van der Waals surface area (Å²) < 4.78 is 4.91. The van der Waals surface area contributed by atoms with Crippen LogP contribution in [0.25, 0.3) is 0 Å². The lowest BCUT2D eigenvalue weighted by atomic mass is 10.2. The number of esters is 1. The van der Waals surface area contributed by atoms with E-state index in [0.717, 1.165) is 4.90 Å². The van der Waals surface area contributed by atoms with Crippen LogP contribution in [0, 0.1) is 0 Å². The van der Waals surface area contributed by atoms with Gasteiger partial charge in [-0.25, -0.2) is 4.79 Å². The lowest BCUT2D eigenvalue weighted by Gasteiger charge is -2.14. The molecule has 0 bridgehead atoms. The first-order valence-electron chi connectivity index (χ1n) is 6.92. The number of rotatable bonds is 5. The molecule has 1 aliphatic rings. The summed E-state index contributed by atoms with van der Waals surface area (Å²) in [6.45, 7) is 1.55. The second-order valence-corrected chi connectivity index (χ2v) is 4.69. The fourth-order valence-corrected chi connectivity index (χ4v) is 2.11. The first-order valence-corrected chi connectivity index (χ1v) is 6.92. The Hall–Kier alpha value is -2.70. The van der Waals surface area contributed by atoms with Crippen LogP contribution in [0.5, 0.6) is 0 Å². The van der Waals surface area contributed by atoms with Crippen LogP contribution in [0.3, 0.4) is 0 Å². The van der Waals surface area contributed by atoms with E-state index < -0.39 is 11.9 Å². The highest BCUT2D eigenvalue weighted by molar-refractivity contribution is 6.07. The molecule has 1 saturated heterocycles. The van der Waals surface area contributed by atoms with Gasteiger partial charge >= 0.3 is 5.97 Å². The fraction of sp³-hybridized carbons (Fsp3) is 0.333. The standard InChI is InChI=1S/C15H16N2O5/c1-2-22-15(21)10-5-3-4-6-11(10)16-12(18)9-17-13(19)7-8-14(17)20/h3-6H,2,7-9H2,1H3,(H,16,18). The molecular weight excluding hydrogens is 288 g/mol. The molecule has 1 N–H and O–H groups in total. The van der Waals surface area contributed by atoms with Gasteiger partial charge in [0.25, 0.3) is 0 Å². The van der Waals surface area contributed by atoms with Crippen LogP contribution < -0.4 is 5.32 Å². The number of benzene rings is 1. The second-order valence-electron chi connectivity index (χ2n) is 4.69. The lowest BCUT2D eigenvalue weighted by molar-refractivity contribution is -0.141. The summed E-state index contributed by atoms with van der Waals surface area (Å²) in [6, 6.07) is 6.39. The molecule has 0 atom stereocenters. The highest BCUT2D eigenvalue weighted by atomic mass is 16.5. The number of imide groups is 1. The van der Waals surface area contributed by atoms with Gasteiger partial charge in [0.1, 0.15) is 6.54 Å². The molecule has 0 aromatic heterocycles. The molecule has 116 valence electrons. The summed E-state index contributed by atoms with van der Waals surface area (Å²) in [5.74, 6) is -1.82. The Morgan fingerprint density at radius 2 is 1.82 bits per heavy atom. The van der Waals surface area contributed by atoms with E-state index in [4.69, 9.17) is 4.74 Å². The van der Waals surface area contributed by atoms with E-state index in [1.807, 2.05) is 0 Å². The Morgan fingerprint density at radius 3 is 2.45 bits per heavy atom. The number of ether oxygens (including phenoxy) is 1. The number of nitrogens with one attached hydrogen (secondary N) is 1. The molecule has 1 aromatic carbocycles. The molecule has 0 saturated carbocycles. The normalized spacial score (nSPS) is 14.1.